The third-order valence-electron chi connectivity index (χ3n) is 3.27. The first-order valence-corrected chi connectivity index (χ1v) is 7.05. The highest BCUT2D eigenvalue weighted by Crippen LogP contribution is 2.25. The van der Waals surface area contributed by atoms with E-state index >= 15 is 0 Å². The lowest BCUT2D eigenvalue weighted by molar-refractivity contribution is 0.588. The van der Waals surface area contributed by atoms with E-state index in [1.807, 2.05) is 12.3 Å². The van der Waals surface area contributed by atoms with Gasteiger partial charge in [0.25, 0.3) is 0 Å². The van der Waals surface area contributed by atoms with Crippen LogP contribution in [0.4, 0.5) is 11.5 Å². The van der Waals surface area contributed by atoms with Crippen molar-refractivity contribution in [3.63, 3.8) is 0 Å². The van der Waals surface area contributed by atoms with E-state index in [4.69, 9.17) is 0 Å². The maximum atomic E-state index is 4.55. The third kappa shape index (κ3) is 3.58. The van der Waals surface area contributed by atoms with Crippen LogP contribution in [0.1, 0.15) is 25.0 Å². The highest BCUT2D eigenvalue weighted by atomic mass is 15.2. The fourth-order valence-corrected chi connectivity index (χ4v) is 2.14. The van der Waals surface area contributed by atoms with Crippen LogP contribution >= 0.6 is 0 Å². The molecule has 0 saturated heterocycles. The fourth-order valence-electron chi connectivity index (χ4n) is 2.14. The summed E-state index contributed by atoms with van der Waals surface area (Å²) in [6, 6.07) is 13.1. The molecule has 1 aromatic carbocycles. The average molecular weight is 269 g/mol. The van der Waals surface area contributed by atoms with Crippen LogP contribution in [0.3, 0.4) is 0 Å². The van der Waals surface area contributed by atoms with E-state index < -0.39 is 0 Å². The molecule has 1 aromatic heterocycles. The van der Waals surface area contributed by atoms with E-state index in [-0.39, 0.29) is 0 Å². The van der Waals surface area contributed by atoms with E-state index in [2.05, 4.69) is 73.4 Å². The Hall–Kier alpha value is -1.87. The molecule has 1 heterocycles. The van der Waals surface area contributed by atoms with E-state index in [0.717, 1.165) is 18.1 Å². The zero-order chi connectivity index (χ0) is 14.5. The number of hydrogen-bond acceptors (Lipinski definition) is 3. The molecule has 3 nitrogen and oxygen atoms in total. The maximum absolute atomic E-state index is 4.55. The Morgan fingerprint density at radius 1 is 1.20 bits per heavy atom. The van der Waals surface area contributed by atoms with Crippen molar-refractivity contribution in [1.29, 1.82) is 0 Å². The van der Waals surface area contributed by atoms with Gasteiger partial charge in [0.1, 0.15) is 5.82 Å². The molecule has 106 valence electrons. The molecule has 0 aliphatic heterocycles. The van der Waals surface area contributed by atoms with Gasteiger partial charge in [-0.2, -0.15) is 0 Å². The topological polar surface area (TPSA) is 28.2 Å². The monoisotopic (exact) mass is 269 g/mol. The second-order valence-electron chi connectivity index (χ2n) is 5.42. The smallest absolute Gasteiger partial charge is 0.137 e. The molecule has 0 aliphatic carbocycles. The zero-order valence-electron chi connectivity index (χ0n) is 12.7. The van der Waals surface area contributed by atoms with Gasteiger partial charge < -0.3 is 10.2 Å². The molecule has 0 atom stereocenters. The third-order valence-corrected chi connectivity index (χ3v) is 3.27. The summed E-state index contributed by atoms with van der Waals surface area (Å²) in [4.78, 5) is 6.69. The first-order valence-electron chi connectivity index (χ1n) is 7.05. The Kier molecular flexibility index (Phi) is 4.74. The molecule has 0 spiro atoms. The lowest BCUT2D eigenvalue weighted by Crippen LogP contribution is -2.24. The van der Waals surface area contributed by atoms with Crippen molar-refractivity contribution in [3.8, 4) is 0 Å². The number of nitrogens with zero attached hydrogens (tertiary/aromatic N) is 2. The molecular weight excluding hydrogens is 246 g/mol. The van der Waals surface area contributed by atoms with Gasteiger partial charge in [0, 0.05) is 37.1 Å². The largest absolute Gasteiger partial charge is 0.329 e. The van der Waals surface area contributed by atoms with Crippen LogP contribution in [0.15, 0.2) is 42.6 Å². The van der Waals surface area contributed by atoms with E-state index in [0.29, 0.717) is 6.04 Å². The van der Waals surface area contributed by atoms with E-state index in [1.165, 1.54) is 11.1 Å². The highest BCUT2D eigenvalue weighted by Gasteiger charge is 2.10. The minimum absolute atomic E-state index is 0.465. The van der Waals surface area contributed by atoms with Crippen molar-refractivity contribution in [3.05, 3.63) is 53.7 Å². The molecule has 0 fully saturated rings. The van der Waals surface area contributed by atoms with Crippen LogP contribution in [0.25, 0.3) is 0 Å². The first-order chi connectivity index (χ1) is 9.58. The number of hydrogen-bond donors (Lipinski definition) is 1. The summed E-state index contributed by atoms with van der Waals surface area (Å²) < 4.78 is 0. The van der Waals surface area contributed by atoms with Gasteiger partial charge in [0.2, 0.25) is 0 Å². The molecular formula is C17H23N3. The van der Waals surface area contributed by atoms with E-state index in [9.17, 15) is 0 Å². The van der Waals surface area contributed by atoms with Crippen molar-refractivity contribution in [1.82, 2.24) is 10.3 Å². The summed E-state index contributed by atoms with van der Waals surface area (Å²) in [6.45, 7) is 7.24. The van der Waals surface area contributed by atoms with Gasteiger partial charge in [-0.25, -0.2) is 4.98 Å². The van der Waals surface area contributed by atoms with Crippen LogP contribution in [-0.4, -0.2) is 18.1 Å². The van der Waals surface area contributed by atoms with E-state index in [1.54, 1.807) is 0 Å². The molecule has 0 radical (unpaired) electrons. The van der Waals surface area contributed by atoms with Crippen molar-refractivity contribution in [2.45, 2.75) is 33.4 Å². The standard InChI is InChI=1S/C17H23N3/c1-13(2)19-12-15-8-6-10-18-17(15)20(4)16-9-5-7-14(3)11-16/h5-11,13,19H,12H2,1-4H3. The summed E-state index contributed by atoms with van der Waals surface area (Å²) in [7, 11) is 2.07. The molecule has 0 unspecified atom stereocenters. The van der Waals surface area contributed by atoms with Crippen LogP contribution in [-0.2, 0) is 6.54 Å². The number of anilines is 2. The molecule has 0 aliphatic rings. The van der Waals surface area contributed by atoms with Gasteiger partial charge >= 0.3 is 0 Å². The summed E-state index contributed by atoms with van der Waals surface area (Å²) in [5.41, 5.74) is 3.63. The zero-order valence-corrected chi connectivity index (χ0v) is 12.7. The maximum Gasteiger partial charge on any atom is 0.137 e. The molecule has 0 bridgehead atoms. The van der Waals surface area contributed by atoms with Gasteiger partial charge in [-0.05, 0) is 30.7 Å². The molecule has 0 amide bonds. The van der Waals surface area contributed by atoms with Crippen LogP contribution in [0, 0.1) is 6.92 Å². The first kappa shape index (κ1) is 14.5. The van der Waals surface area contributed by atoms with Gasteiger partial charge in [0.05, 0.1) is 0 Å². The Labute approximate surface area is 121 Å². The molecule has 1 N–H and O–H groups in total. The number of pyridine rings is 1. The predicted octanol–water partition coefficient (Wildman–Crippen LogP) is 3.66. The number of aryl methyl sites for hydroxylation is 1. The van der Waals surface area contributed by atoms with Crippen molar-refractivity contribution in [2.24, 2.45) is 0 Å². The molecule has 0 saturated carbocycles. The SMILES string of the molecule is Cc1cccc(N(C)c2ncccc2CNC(C)C)c1. The second-order valence-corrected chi connectivity index (χ2v) is 5.42. The van der Waals surface area contributed by atoms with Crippen LogP contribution < -0.4 is 10.2 Å². The molecule has 3 heteroatoms. The van der Waals surface area contributed by atoms with Crippen molar-refractivity contribution >= 4 is 11.5 Å². The number of nitrogens with one attached hydrogen (secondary N) is 1. The van der Waals surface area contributed by atoms with Gasteiger partial charge in [-0.15, -0.1) is 0 Å². The van der Waals surface area contributed by atoms with Gasteiger partial charge in [0.15, 0.2) is 0 Å². The lowest BCUT2D eigenvalue weighted by Gasteiger charge is -2.22. The van der Waals surface area contributed by atoms with Gasteiger partial charge in [-0.3, -0.25) is 0 Å². The Bertz CT molecular complexity index is 564. The fraction of sp³-hybridized carbons (Fsp3) is 0.353. The normalized spacial score (nSPS) is 10.8. The van der Waals surface area contributed by atoms with Crippen LogP contribution in [0.5, 0.6) is 0 Å². The number of benzene rings is 1. The minimum atomic E-state index is 0.465. The van der Waals surface area contributed by atoms with Crippen LogP contribution in [0.2, 0.25) is 0 Å². The molecule has 2 rings (SSSR count). The lowest BCUT2D eigenvalue weighted by atomic mass is 10.2. The van der Waals surface area contributed by atoms with Crippen molar-refractivity contribution < 1.29 is 0 Å². The summed E-state index contributed by atoms with van der Waals surface area (Å²) in [5.74, 6) is 1.01. The second kappa shape index (κ2) is 6.53. The van der Waals surface area contributed by atoms with Gasteiger partial charge in [-0.1, -0.05) is 32.0 Å². The Balaban J connectivity index is 2.27. The van der Waals surface area contributed by atoms with Crippen molar-refractivity contribution in [2.75, 3.05) is 11.9 Å². The quantitative estimate of drug-likeness (QED) is 0.898. The highest BCUT2D eigenvalue weighted by molar-refractivity contribution is 5.62. The predicted molar refractivity (Wildman–Crippen MR) is 85.5 cm³/mol. The minimum Gasteiger partial charge on any atom is -0.329 e. The summed E-state index contributed by atoms with van der Waals surface area (Å²) >= 11 is 0. The number of rotatable bonds is 5. The summed E-state index contributed by atoms with van der Waals surface area (Å²) in [6.07, 6.45) is 1.85. The summed E-state index contributed by atoms with van der Waals surface area (Å²) in [5, 5.41) is 3.45. The Morgan fingerprint density at radius 3 is 2.70 bits per heavy atom. The number of aromatic nitrogens is 1. The average Bonchev–Trinajstić information content (AvgIpc) is 2.44. The molecule has 20 heavy (non-hydrogen) atoms. The molecule has 2 aromatic rings. The Morgan fingerprint density at radius 2 is 2.00 bits per heavy atom.